The van der Waals surface area contributed by atoms with Crippen molar-refractivity contribution in [1.82, 2.24) is 14.6 Å². The standard InChI is InChI=1S/C7H5N3O/c11-4-6-2-1-3-7-9-8-5-10(6)7/h1-5H. The lowest BCUT2D eigenvalue weighted by Gasteiger charge is -1.93. The molecule has 2 rings (SSSR count). The first-order valence-corrected chi connectivity index (χ1v) is 3.16. The molecule has 0 aromatic carbocycles. The molecular formula is C7H5N3O. The molecule has 2 aromatic heterocycles. The third-order valence-corrected chi connectivity index (χ3v) is 1.49. The van der Waals surface area contributed by atoms with Gasteiger partial charge in [-0.2, -0.15) is 0 Å². The minimum atomic E-state index is 0.563. The summed E-state index contributed by atoms with van der Waals surface area (Å²) < 4.78 is 1.63. The number of pyridine rings is 1. The average Bonchev–Trinajstić information content (AvgIpc) is 2.50. The zero-order valence-electron chi connectivity index (χ0n) is 5.64. The SMILES string of the molecule is O=Cc1cccc2nncn12. The molecule has 2 aromatic rings. The Labute approximate surface area is 62.5 Å². The summed E-state index contributed by atoms with van der Waals surface area (Å²) in [5.74, 6) is 0. The molecule has 0 aliphatic carbocycles. The molecule has 4 nitrogen and oxygen atoms in total. The topological polar surface area (TPSA) is 47.3 Å². The summed E-state index contributed by atoms with van der Waals surface area (Å²) in [6, 6.07) is 5.27. The largest absolute Gasteiger partial charge is 0.296 e. The molecule has 0 aliphatic heterocycles. The summed E-state index contributed by atoms with van der Waals surface area (Å²) in [6.07, 6.45) is 2.29. The van der Waals surface area contributed by atoms with Gasteiger partial charge in [-0.05, 0) is 12.1 Å². The Bertz CT molecular complexity index is 393. The second-order valence-corrected chi connectivity index (χ2v) is 2.13. The summed E-state index contributed by atoms with van der Waals surface area (Å²) in [6.45, 7) is 0. The summed E-state index contributed by atoms with van der Waals surface area (Å²) in [7, 11) is 0. The maximum Gasteiger partial charge on any atom is 0.166 e. The van der Waals surface area contributed by atoms with E-state index in [9.17, 15) is 4.79 Å². The van der Waals surface area contributed by atoms with E-state index in [-0.39, 0.29) is 0 Å². The lowest BCUT2D eigenvalue weighted by atomic mass is 10.4. The molecule has 0 unspecified atom stereocenters. The van der Waals surface area contributed by atoms with E-state index in [1.54, 1.807) is 22.6 Å². The summed E-state index contributed by atoms with van der Waals surface area (Å²) in [5, 5.41) is 7.45. The van der Waals surface area contributed by atoms with Crippen molar-refractivity contribution >= 4 is 11.9 Å². The van der Waals surface area contributed by atoms with Gasteiger partial charge in [0.1, 0.15) is 6.33 Å². The fourth-order valence-corrected chi connectivity index (χ4v) is 0.966. The zero-order valence-corrected chi connectivity index (χ0v) is 5.64. The molecule has 0 atom stereocenters. The first-order valence-electron chi connectivity index (χ1n) is 3.16. The first-order chi connectivity index (χ1) is 5.42. The monoisotopic (exact) mass is 147 g/mol. The molecule has 54 valence electrons. The van der Waals surface area contributed by atoms with Gasteiger partial charge in [0.15, 0.2) is 11.9 Å². The molecule has 0 spiro atoms. The second-order valence-electron chi connectivity index (χ2n) is 2.13. The van der Waals surface area contributed by atoms with Gasteiger partial charge in [0.05, 0.1) is 5.69 Å². The van der Waals surface area contributed by atoms with Crippen LogP contribution in [-0.2, 0) is 0 Å². The lowest BCUT2D eigenvalue weighted by Crippen LogP contribution is -1.91. The maximum atomic E-state index is 10.4. The Morgan fingerprint density at radius 3 is 3.18 bits per heavy atom. The van der Waals surface area contributed by atoms with Crippen molar-refractivity contribution < 1.29 is 4.79 Å². The van der Waals surface area contributed by atoms with Crippen molar-refractivity contribution in [2.45, 2.75) is 0 Å². The van der Waals surface area contributed by atoms with Crippen LogP contribution >= 0.6 is 0 Å². The number of carbonyl (C=O) groups is 1. The van der Waals surface area contributed by atoms with Crippen molar-refractivity contribution in [2.75, 3.05) is 0 Å². The number of hydrogen-bond donors (Lipinski definition) is 0. The van der Waals surface area contributed by atoms with Gasteiger partial charge in [-0.3, -0.25) is 9.20 Å². The summed E-state index contributed by atoms with van der Waals surface area (Å²) in [5.41, 5.74) is 1.25. The van der Waals surface area contributed by atoms with Crippen LogP contribution < -0.4 is 0 Å². The molecule has 0 saturated heterocycles. The number of rotatable bonds is 1. The molecule has 2 heterocycles. The van der Waals surface area contributed by atoms with Crippen LogP contribution in [0, 0.1) is 0 Å². The van der Waals surface area contributed by atoms with E-state index in [4.69, 9.17) is 0 Å². The Morgan fingerprint density at radius 1 is 1.45 bits per heavy atom. The van der Waals surface area contributed by atoms with Crippen LogP contribution in [0.3, 0.4) is 0 Å². The first kappa shape index (κ1) is 6.03. The normalized spacial score (nSPS) is 10.2. The highest BCUT2D eigenvalue weighted by atomic mass is 16.1. The molecule has 0 fully saturated rings. The van der Waals surface area contributed by atoms with Crippen molar-refractivity contribution in [3.8, 4) is 0 Å². The third kappa shape index (κ3) is 0.797. The average molecular weight is 147 g/mol. The van der Waals surface area contributed by atoms with Gasteiger partial charge in [-0.1, -0.05) is 6.07 Å². The molecule has 0 amide bonds. The van der Waals surface area contributed by atoms with Crippen LogP contribution in [0.5, 0.6) is 0 Å². The molecule has 0 N–H and O–H groups in total. The predicted octanol–water partition coefficient (Wildman–Crippen LogP) is 0.542. The minimum Gasteiger partial charge on any atom is -0.296 e. The highest BCUT2D eigenvalue weighted by Gasteiger charge is 1.97. The maximum absolute atomic E-state index is 10.4. The van der Waals surface area contributed by atoms with Crippen molar-refractivity contribution in [3.63, 3.8) is 0 Å². The Morgan fingerprint density at radius 2 is 2.36 bits per heavy atom. The Balaban J connectivity index is 2.88. The molecule has 0 aliphatic rings. The molecule has 0 bridgehead atoms. The lowest BCUT2D eigenvalue weighted by molar-refractivity contribution is 0.111. The summed E-state index contributed by atoms with van der Waals surface area (Å²) >= 11 is 0. The van der Waals surface area contributed by atoms with E-state index in [1.165, 1.54) is 6.33 Å². The molecule has 4 heteroatoms. The number of fused-ring (bicyclic) bond motifs is 1. The van der Waals surface area contributed by atoms with Crippen LogP contribution in [0.25, 0.3) is 5.65 Å². The number of carbonyl (C=O) groups excluding carboxylic acids is 1. The van der Waals surface area contributed by atoms with Gasteiger partial charge >= 0.3 is 0 Å². The number of aromatic nitrogens is 3. The van der Waals surface area contributed by atoms with Crippen molar-refractivity contribution in [1.29, 1.82) is 0 Å². The quantitative estimate of drug-likeness (QED) is 0.553. The van der Waals surface area contributed by atoms with Gasteiger partial charge in [0.25, 0.3) is 0 Å². The van der Waals surface area contributed by atoms with Gasteiger partial charge in [0, 0.05) is 0 Å². The van der Waals surface area contributed by atoms with E-state index in [1.807, 2.05) is 0 Å². The Kier molecular flexibility index (Phi) is 1.18. The van der Waals surface area contributed by atoms with E-state index in [2.05, 4.69) is 10.2 Å². The van der Waals surface area contributed by atoms with Crippen LogP contribution in [0.1, 0.15) is 10.5 Å². The van der Waals surface area contributed by atoms with Gasteiger partial charge < -0.3 is 0 Å². The number of aldehydes is 1. The van der Waals surface area contributed by atoms with Gasteiger partial charge in [-0.15, -0.1) is 10.2 Å². The van der Waals surface area contributed by atoms with E-state index < -0.39 is 0 Å². The third-order valence-electron chi connectivity index (χ3n) is 1.49. The van der Waals surface area contributed by atoms with Crippen LogP contribution in [-0.4, -0.2) is 20.9 Å². The highest BCUT2D eigenvalue weighted by Crippen LogP contribution is 2.00. The highest BCUT2D eigenvalue weighted by molar-refractivity contribution is 5.73. The van der Waals surface area contributed by atoms with Crippen LogP contribution in [0.2, 0.25) is 0 Å². The fraction of sp³-hybridized carbons (Fsp3) is 0. The van der Waals surface area contributed by atoms with E-state index >= 15 is 0 Å². The Hall–Kier alpha value is -1.71. The van der Waals surface area contributed by atoms with Crippen LogP contribution in [0.15, 0.2) is 24.5 Å². The van der Waals surface area contributed by atoms with Crippen molar-refractivity contribution in [3.05, 3.63) is 30.2 Å². The fourth-order valence-electron chi connectivity index (χ4n) is 0.966. The predicted molar refractivity (Wildman–Crippen MR) is 38.4 cm³/mol. The van der Waals surface area contributed by atoms with Gasteiger partial charge in [-0.25, -0.2) is 0 Å². The number of nitrogens with zero attached hydrogens (tertiary/aromatic N) is 3. The van der Waals surface area contributed by atoms with E-state index in [0.717, 1.165) is 6.29 Å². The molecular weight excluding hydrogens is 142 g/mol. The van der Waals surface area contributed by atoms with Crippen molar-refractivity contribution in [2.24, 2.45) is 0 Å². The van der Waals surface area contributed by atoms with Gasteiger partial charge in [0.2, 0.25) is 0 Å². The zero-order chi connectivity index (χ0) is 7.68. The van der Waals surface area contributed by atoms with E-state index in [0.29, 0.717) is 11.3 Å². The molecule has 11 heavy (non-hydrogen) atoms. The molecule has 0 radical (unpaired) electrons. The van der Waals surface area contributed by atoms with Crippen LogP contribution in [0.4, 0.5) is 0 Å². The summed E-state index contributed by atoms with van der Waals surface area (Å²) in [4.78, 5) is 10.4. The second kappa shape index (κ2) is 2.16. The smallest absolute Gasteiger partial charge is 0.166 e. The minimum absolute atomic E-state index is 0.563. The molecule has 0 saturated carbocycles. The number of hydrogen-bond acceptors (Lipinski definition) is 3.